The number of hydrogen-bond acceptors (Lipinski definition) is 2. The maximum absolute atomic E-state index is 11.2. The number of amides is 1. The minimum absolute atomic E-state index is 0.000376. The Morgan fingerprint density at radius 1 is 1.75 bits per heavy atom. The number of nitrogens with two attached hydrogens (primary N) is 1. The Bertz CT molecular complexity index is 157. The van der Waals surface area contributed by atoms with E-state index in [0.717, 1.165) is 12.8 Å². The smallest absolute Gasteiger partial charge is 0.237 e. The van der Waals surface area contributed by atoms with E-state index < -0.39 is 0 Å². The van der Waals surface area contributed by atoms with Crippen LogP contribution in [0.1, 0.15) is 26.7 Å². The summed E-state index contributed by atoms with van der Waals surface area (Å²) in [4.78, 5) is 11.2. The number of rotatable bonds is 5. The summed E-state index contributed by atoms with van der Waals surface area (Å²) in [6.07, 6.45) is 3.34. The zero-order valence-corrected chi connectivity index (χ0v) is 7.84. The maximum Gasteiger partial charge on any atom is 0.237 e. The number of carbonyl (C=O) groups excluding carboxylic acids is 1. The van der Waals surface area contributed by atoms with Crippen LogP contribution in [0, 0.1) is 0 Å². The molecule has 2 atom stereocenters. The Morgan fingerprint density at radius 3 is 2.75 bits per heavy atom. The normalized spacial score (nSPS) is 14.9. The number of hydrogen-bond donors (Lipinski definition) is 2. The Labute approximate surface area is 74.0 Å². The summed E-state index contributed by atoms with van der Waals surface area (Å²) in [6.45, 7) is 7.43. The van der Waals surface area contributed by atoms with Crippen molar-refractivity contribution in [3.05, 3.63) is 12.7 Å². The molecule has 0 saturated heterocycles. The van der Waals surface area contributed by atoms with Crippen molar-refractivity contribution in [2.45, 2.75) is 38.8 Å². The number of carbonyl (C=O) groups is 1. The fraction of sp³-hybridized carbons (Fsp3) is 0.667. The average Bonchev–Trinajstić information content (AvgIpc) is 2.04. The predicted molar refractivity (Wildman–Crippen MR) is 50.7 cm³/mol. The topological polar surface area (TPSA) is 55.1 Å². The molecule has 0 aliphatic carbocycles. The second-order valence-corrected chi connectivity index (χ2v) is 2.93. The Kier molecular flexibility index (Phi) is 5.37. The molecule has 2 unspecified atom stereocenters. The molecular weight excluding hydrogens is 152 g/mol. The van der Waals surface area contributed by atoms with Crippen LogP contribution in [-0.2, 0) is 4.79 Å². The molecule has 0 heterocycles. The largest absolute Gasteiger partial charge is 0.349 e. The minimum Gasteiger partial charge on any atom is -0.349 e. The van der Waals surface area contributed by atoms with Gasteiger partial charge in [0, 0.05) is 6.04 Å². The van der Waals surface area contributed by atoms with Crippen LogP contribution in [0.5, 0.6) is 0 Å². The molecule has 0 saturated carbocycles. The molecule has 0 spiro atoms. The fourth-order valence-electron chi connectivity index (χ4n) is 0.832. The lowest BCUT2D eigenvalue weighted by molar-refractivity contribution is -0.122. The molecule has 1 amide bonds. The zero-order valence-electron chi connectivity index (χ0n) is 7.84. The third-order valence-electron chi connectivity index (χ3n) is 1.66. The quantitative estimate of drug-likeness (QED) is 0.600. The SMILES string of the molecule is C=CC(C)NC(=O)C(N)CCC. The van der Waals surface area contributed by atoms with Crippen LogP contribution in [-0.4, -0.2) is 18.0 Å². The van der Waals surface area contributed by atoms with Gasteiger partial charge in [0.05, 0.1) is 6.04 Å². The van der Waals surface area contributed by atoms with Gasteiger partial charge in [-0.05, 0) is 13.3 Å². The first kappa shape index (κ1) is 11.2. The van der Waals surface area contributed by atoms with Gasteiger partial charge in [-0.2, -0.15) is 0 Å². The van der Waals surface area contributed by atoms with Crippen LogP contribution in [0.15, 0.2) is 12.7 Å². The van der Waals surface area contributed by atoms with E-state index in [1.165, 1.54) is 0 Å². The molecule has 0 aromatic rings. The second-order valence-electron chi connectivity index (χ2n) is 2.93. The Hall–Kier alpha value is -0.830. The van der Waals surface area contributed by atoms with Crippen molar-refractivity contribution < 1.29 is 4.79 Å². The van der Waals surface area contributed by atoms with Crippen molar-refractivity contribution >= 4 is 5.91 Å². The summed E-state index contributed by atoms with van der Waals surface area (Å²) >= 11 is 0. The highest BCUT2D eigenvalue weighted by molar-refractivity contribution is 5.81. The van der Waals surface area contributed by atoms with Gasteiger partial charge in [-0.25, -0.2) is 0 Å². The summed E-state index contributed by atoms with van der Waals surface area (Å²) in [7, 11) is 0. The van der Waals surface area contributed by atoms with Crippen molar-refractivity contribution in [1.82, 2.24) is 5.32 Å². The zero-order chi connectivity index (χ0) is 9.56. The van der Waals surface area contributed by atoms with Gasteiger partial charge in [-0.3, -0.25) is 4.79 Å². The highest BCUT2D eigenvalue weighted by Crippen LogP contribution is 1.94. The molecule has 3 N–H and O–H groups in total. The molecular formula is C9H18N2O. The molecule has 12 heavy (non-hydrogen) atoms. The molecule has 0 aliphatic rings. The van der Waals surface area contributed by atoms with Crippen molar-refractivity contribution in [3.8, 4) is 0 Å². The first-order valence-corrected chi connectivity index (χ1v) is 4.30. The van der Waals surface area contributed by atoms with Gasteiger partial charge in [0.2, 0.25) is 5.91 Å². The van der Waals surface area contributed by atoms with Gasteiger partial charge in [0.1, 0.15) is 0 Å². The lowest BCUT2D eigenvalue weighted by Crippen LogP contribution is -2.43. The Balaban J connectivity index is 3.78. The van der Waals surface area contributed by atoms with Crippen LogP contribution in [0.2, 0.25) is 0 Å². The van der Waals surface area contributed by atoms with Crippen molar-refractivity contribution in [1.29, 1.82) is 0 Å². The van der Waals surface area contributed by atoms with Crippen LogP contribution in [0.25, 0.3) is 0 Å². The van der Waals surface area contributed by atoms with E-state index in [-0.39, 0.29) is 18.0 Å². The van der Waals surface area contributed by atoms with Gasteiger partial charge in [-0.15, -0.1) is 6.58 Å². The van der Waals surface area contributed by atoms with E-state index >= 15 is 0 Å². The first-order chi connectivity index (χ1) is 5.61. The van der Waals surface area contributed by atoms with E-state index in [1.54, 1.807) is 6.08 Å². The summed E-state index contributed by atoms with van der Waals surface area (Å²) in [5.74, 6) is -0.0933. The maximum atomic E-state index is 11.2. The van der Waals surface area contributed by atoms with Crippen molar-refractivity contribution in [2.24, 2.45) is 5.73 Å². The summed E-state index contributed by atoms with van der Waals surface area (Å²) in [5.41, 5.74) is 5.58. The molecule has 70 valence electrons. The van der Waals surface area contributed by atoms with Gasteiger partial charge < -0.3 is 11.1 Å². The van der Waals surface area contributed by atoms with Crippen molar-refractivity contribution in [3.63, 3.8) is 0 Å². The van der Waals surface area contributed by atoms with Crippen LogP contribution >= 0.6 is 0 Å². The van der Waals surface area contributed by atoms with E-state index in [9.17, 15) is 4.79 Å². The Morgan fingerprint density at radius 2 is 2.33 bits per heavy atom. The molecule has 0 aromatic carbocycles. The standard InChI is InChI=1S/C9H18N2O/c1-4-6-8(10)9(12)11-7(3)5-2/h5,7-8H,2,4,6,10H2,1,3H3,(H,11,12). The van der Waals surface area contributed by atoms with Gasteiger partial charge in [-0.1, -0.05) is 19.4 Å². The van der Waals surface area contributed by atoms with E-state index in [4.69, 9.17) is 5.73 Å². The van der Waals surface area contributed by atoms with E-state index in [0.29, 0.717) is 0 Å². The van der Waals surface area contributed by atoms with Crippen LogP contribution in [0.4, 0.5) is 0 Å². The minimum atomic E-state index is -0.377. The third-order valence-corrected chi connectivity index (χ3v) is 1.66. The lowest BCUT2D eigenvalue weighted by Gasteiger charge is -2.13. The monoisotopic (exact) mass is 170 g/mol. The predicted octanol–water partition coefficient (Wildman–Crippen LogP) is 0.804. The lowest BCUT2D eigenvalue weighted by atomic mass is 10.1. The second kappa shape index (κ2) is 5.77. The van der Waals surface area contributed by atoms with Crippen LogP contribution < -0.4 is 11.1 Å². The molecule has 0 aromatic heterocycles. The summed E-state index contributed by atoms with van der Waals surface area (Å²) in [6, 6.07) is -0.377. The first-order valence-electron chi connectivity index (χ1n) is 4.30. The average molecular weight is 170 g/mol. The molecule has 0 aliphatic heterocycles. The molecule has 0 rings (SSSR count). The highest BCUT2D eigenvalue weighted by Gasteiger charge is 2.12. The van der Waals surface area contributed by atoms with Gasteiger partial charge in [0.15, 0.2) is 0 Å². The fourth-order valence-corrected chi connectivity index (χ4v) is 0.832. The highest BCUT2D eigenvalue weighted by atomic mass is 16.2. The number of nitrogens with one attached hydrogen (secondary N) is 1. The van der Waals surface area contributed by atoms with Crippen LogP contribution in [0.3, 0.4) is 0 Å². The summed E-state index contributed by atoms with van der Waals surface area (Å²) < 4.78 is 0. The van der Waals surface area contributed by atoms with Gasteiger partial charge >= 0.3 is 0 Å². The summed E-state index contributed by atoms with van der Waals surface area (Å²) in [5, 5.41) is 2.73. The van der Waals surface area contributed by atoms with E-state index in [1.807, 2.05) is 13.8 Å². The van der Waals surface area contributed by atoms with E-state index in [2.05, 4.69) is 11.9 Å². The molecule has 0 bridgehead atoms. The third kappa shape index (κ3) is 4.13. The van der Waals surface area contributed by atoms with Gasteiger partial charge in [0.25, 0.3) is 0 Å². The molecule has 0 radical (unpaired) electrons. The molecule has 3 nitrogen and oxygen atoms in total. The van der Waals surface area contributed by atoms with Crippen molar-refractivity contribution in [2.75, 3.05) is 0 Å². The molecule has 3 heteroatoms. The molecule has 0 fully saturated rings.